The van der Waals surface area contributed by atoms with Crippen LogP contribution in [-0.4, -0.2) is 23.4 Å². The Morgan fingerprint density at radius 1 is 1.39 bits per heavy atom. The van der Waals surface area contributed by atoms with E-state index < -0.39 is 8.07 Å². The van der Waals surface area contributed by atoms with E-state index in [1.54, 1.807) is 6.33 Å². The Hall–Kier alpha value is -1.33. The van der Waals surface area contributed by atoms with Crippen LogP contribution in [0.5, 0.6) is 0 Å². The van der Waals surface area contributed by atoms with E-state index in [-0.39, 0.29) is 0 Å². The molecule has 0 aliphatic heterocycles. The molecule has 18 heavy (non-hydrogen) atoms. The van der Waals surface area contributed by atoms with Gasteiger partial charge in [0.15, 0.2) is 0 Å². The molecule has 2 N–H and O–H groups in total. The Bertz CT molecular complexity index is 545. The molecule has 0 spiro atoms. The van der Waals surface area contributed by atoms with E-state index in [2.05, 4.69) is 31.5 Å². The lowest BCUT2D eigenvalue weighted by molar-refractivity contribution is 0.0589. The molecule has 1 atom stereocenters. The second kappa shape index (κ2) is 4.74. The van der Waals surface area contributed by atoms with Crippen molar-refractivity contribution in [3.05, 3.63) is 24.5 Å². The summed E-state index contributed by atoms with van der Waals surface area (Å²) >= 11 is 0. The minimum atomic E-state index is -1.25. The molecule has 0 aliphatic rings. The van der Waals surface area contributed by atoms with Gasteiger partial charge in [-0.15, -0.1) is 0 Å². The number of ether oxygens (including phenoxy) is 1. The monoisotopic (exact) mass is 263 g/mol. The number of nitrogen functional groups attached to an aromatic ring is 1. The summed E-state index contributed by atoms with van der Waals surface area (Å²) in [6.45, 7) is 9.63. The molecule has 2 aromatic rings. The molecule has 1 aromatic carbocycles. The smallest absolute Gasteiger partial charge is 0.124 e. The Morgan fingerprint density at radius 3 is 2.78 bits per heavy atom. The molecule has 0 saturated heterocycles. The van der Waals surface area contributed by atoms with Crippen molar-refractivity contribution >= 4 is 24.8 Å². The Morgan fingerprint density at radius 2 is 2.11 bits per heavy atom. The van der Waals surface area contributed by atoms with Crippen LogP contribution in [0.15, 0.2) is 24.5 Å². The molecule has 0 saturated carbocycles. The van der Waals surface area contributed by atoms with Gasteiger partial charge in [0.1, 0.15) is 6.73 Å². The van der Waals surface area contributed by atoms with Gasteiger partial charge in [-0.2, -0.15) is 0 Å². The predicted octanol–water partition coefficient (Wildman–Crippen LogP) is 2.86. The van der Waals surface area contributed by atoms with Crippen molar-refractivity contribution < 1.29 is 4.74 Å². The first-order valence-electron chi connectivity index (χ1n) is 6.20. The first kappa shape index (κ1) is 13.1. The van der Waals surface area contributed by atoms with Gasteiger partial charge in [-0.05, 0) is 25.1 Å². The molecule has 0 radical (unpaired) electrons. The number of anilines is 1. The van der Waals surface area contributed by atoms with E-state index in [1.807, 2.05) is 22.8 Å². The molecule has 5 heteroatoms. The van der Waals surface area contributed by atoms with E-state index in [1.165, 1.54) is 0 Å². The van der Waals surface area contributed by atoms with Gasteiger partial charge < -0.3 is 15.0 Å². The van der Waals surface area contributed by atoms with Crippen LogP contribution in [0.4, 0.5) is 5.69 Å². The molecule has 4 nitrogen and oxygen atoms in total. The Kier molecular flexibility index (Phi) is 3.45. The number of hydrogen-bond acceptors (Lipinski definition) is 3. The maximum atomic E-state index is 5.94. The molecule has 1 heterocycles. The van der Waals surface area contributed by atoms with Crippen molar-refractivity contribution in [1.82, 2.24) is 9.55 Å². The average molecular weight is 263 g/mol. The van der Waals surface area contributed by atoms with Gasteiger partial charge in [-0.1, -0.05) is 19.6 Å². The molecule has 0 fully saturated rings. The van der Waals surface area contributed by atoms with Crippen molar-refractivity contribution in [3.8, 4) is 0 Å². The number of aromatic nitrogens is 2. The standard InChI is InChI=1S/C13H21N3OSi/c1-10(18(2,3)4)17-9-16-8-15-12-7-11(14)5-6-13(12)16/h5-8,10H,9,14H2,1-4H3. The van der Waals surface area contributed by atoms with Gasteiger partial charge in [-0.25, -0.2) is 4.98 Å². The van der Waals surface area contributed by atoms with Gasteiger partial charge in [0.2, 0.25) is 0 Å². The van der Waals surface area contributed by atoms with Crippen molar-refractivity contribution in [2.24, 2.45) is 0 Å². The van der Waals surface area contributed by atoms with Crippen molar-refractivity contribution in [1.29, 1.82) is 0 Å². The maximum Gasteiger partial charge on any atom is 0.124 e. The zero-order valence-corrected chi connectivity index (χ0v) is 12.5. The highest BCUT2D eigenvalue weighted by atomic mass is 28.3. The third-order valence-electron chi connectivity index (χ3n) is 3.33. The van der Waals surface area contributed by atoms with Gasteiger partial charge in [-0.3, -0.25) is 0 Å². The first-order chi connectivity index (χ1) is 8.38. The Balaban J connectivity index is 2.13. The van der Waals surface area contributed by atoms with Crippen LogP contribution in [0.2, 0.25) is 19.6 Å². The molecular weight excluding hydrogens is 242 g/mol. The minimum Gasteiger partial charge on any atom is -0.399 e. The second-order valence-electron chi connectivity index (χ2n) is 5.77. The van der Waals surface area contributed by atoms with Crippen LogP contribution < -0.4 is 5.73 Å². The van der Waals surface area contributed by atoms with Crippen LogP contribution >= 0.6 is 0 Å². The van der Waals surface area contributed by atoms with Crippen LogP contribution in [0.3, 0.4) is 0 Å². The predicted molar refractivity (Wildman–Crippen MR) is 78.0 cm³/mol. The van der Waals surface area contributed by atoms with Crippen LogP contribution in [-0.2, 0) is 11.5 Å². The highest BCUT2D eigenvalue weighted by Crippen LogP contribution is 2.17. The van der Waals surface area contributed by atoms with E-state index in [9.17, 15) is 0 Å². The van der Waals surface area contributed by atoms with E-state index in [0.29, 0.717) is 12.5 Å². The van der Waals surface area contributed by atoms with Crippen LogP contribution in [0.25, 0.3) is 11.0 Å². The zero-order chi connectivity index (χ0) is 13.3. The van der Waals surface area contributed by atoms with Gasteiger partial charge in [0.25, 0.3) is 0 Å². The average Bonchev–Trinajstić information content (AvgIpc) is 2.66. The number of fused-ring (bicyclic) bond motifs is 1. The molecule has 98 valence electrons. The molecule has 1 unspecified atom stereocenters. The summed E-state index contributed by atoms with van der Waals surface area (Å²) in [4.78, 5) is 4.33. The fourth-order valence-corrected chi connectivity index (χ4v) is 2.20. The maximum absolute atomic E-state index is 5.94. The first-order valence-corrected chi connectivity index (χ1v) is 9.77. The Labute approximate surface area is 109 Å². The van der Waals surface area contributed by atoms with Gasteiger partial charge >= 0.3 is 0 Å². The van der Waals surface area contributed by atoms with Crippen molar-refractivity contribution in [2.75, 3.05) is 5.73 Å². The molecule has 0 aliphatic carbocycles. The summed E-state index contributed by atoms with van der Waals surface area (Å²) in [5.74, 6) is 0. The molecule has 0 amide bonds. The number of nitrogens with zero attached hydrogens (tertiary/aromatic N) is 2. The van der Waals surface area contributed by atoms with E-state index in [0.717, 1.165) is 16.7 Å². The highest BCUT2D eigenvalue weighted by Gasteiger charge is 2.23. The lowest BCUT2D eigenvalue weighted by Gasteiger charge is -2.25. The number of hydrogen-bond donors (Lipinski definition) is 1. The lowest BCUT2D eigenvalue weighted by Crippen LogP contribution is -2.38. The third-order valence-corrected chi connectivity index (χ3v) is 5.93. The zero-order valence-electron chi connectivity index (χ0n) is 11.5. The number of imidazole rings is 1. The number of benzene rings is 1. The summed E-state index contributed by atoms with van der Waals surface area (Å²) in [5.41, 5.74) is 8.78. The minimum absolute atomic E-state index is 0.323. The summed E-state index contributed by atoms with van der Waals surface area (Å²) in [6, 6.07) is 5.76. The molecular formula is C13H21N3OSi. The topological polar surface area (TPSA) is 53.1 Å². The van der Waals surface area contributed by atoms with Crippen LogP contribution in [0, 0.1) is 0 Å². The van der Waals surface area contributed by atoms with Gasteiger partial charge in [0, 0.05) is 11.4 Å². The fraction of sp³-hybridized carbons (Fsp3) is 0.462. The summed E-state index contributed by atoms with van der Waals surface area (Å²) < 4.78 is 7.96. The SMILES string of the molecule is CC(OCn1cnc2cc(N)ccc21)[Si](C)(C)C. The fourth-order valence-electron chi connectivity index (χ4n) is 1.63. The quantitative estimate of drug-likeness (QED) is 0.681. The number of rotatable bonds is 4. The number of nitrogens with two attached hydrogens (primary N) is 1. The molecule has 2 rings (SSSR count). The van der Waals surface area contributed by atoms with E-state index >= 15 is 0 Å². The molecule has 0 bridgehead atoms. The third kappa shape index (κ3) is 2.73. The summed E-state index contributed by atoms with van der Waals surface area (Å²) in [6.07, 6.45) is 1.81. The highest BCUT2D eigenvalue weighted by molar-refractivity contribution is 6.77. The van der Waals surface area contributed by atoms with Crippen molar-refractivity contribution in [2.45, 2.75) is 39.0 Å². The normalized spacial score (nSPS) is 14.0. The lowest BCUT2D eigenvalue weighted by atomic mass is 10.3. The second-order valence-corrected chi connectivity index (χ2v) is 11.3. The molecule has 1 aromatic heterocycles. The van der Waals surface area contributed by atoms with E-state index in [4.69, 9.17) is 10.5 Å². The van der Waals surface area contributed by atoms with Crippen LogP contribution in [0.1, 0.15) is 6.92 Å². The van der Waals surface area contributed by atoms with Gasteiger partial charge in [0.05, 0.1) is 25.4 Å². The largest absolute Gasteiger partial charge is 0.399 e. The van der Waals surface area contributed by atoms with Crippen molar-refractivity contribution in [3.63, 3.8) is 0 Å². The summed E-state index contributed by atoms with van der Waals surface area (Å²) in [5, 5.41) is 0. The summed E-state index contributed by atoms with van der Waals surface area (Å²) in [7, 11) is -1.25.